The number of aromatic hydroxyl groups is 1. The first kappa shape index (κ1) is 10.8. The number of phenols is 1. The van der Waals surface area contributed by atoms with Gasteiger partial charge >= 0.3 is 0 Å². The maximum Gasteiger partial charge on any atom is 0.119 e. The SMILES string of the molecule is COc1cccc(-c2cc(O)cc(Cl)c2)c1. The number of hydrogen-bond donors (Lipinski definition) is 1. The van der Waals surface area contributed by atoms with Crippen LogP contribution in [0, 0.1) is 0 Å². The molecule has 2 aromatic rings. The normalized spacial score (nSPS) is 10.1. The van der Waals surface area contributed by atoms with E-state index in [0.717, 1.165) is 16.9 Å². The van der Waals surface area contributed by atoms with Crippen LogP contribution in [-0.2, 0) is 0 Å². The summed E-state index contributed by atoms with van der Waals surface area (Å²) in [4.78, 5) is 0. The summed E-state index contributed by atoms with van der Waals surface area (Å²) in [6.07, 6.45) is 0. The van der Waals surface area contributed by atoms with Crippen LogP contribution in [-0.4, -0.2) is 12.2 Å². The average Bonchev–Trinajstić information content (AvgIpc) is 2.28. The van der Waals surface area contributed by atoms with Crippen LogP contribution in [0.5, 0.6) is 11.5 Å². The first-order valence-electron chi connectivity index (χ1n) is 4.83. The quantitative estimate of drug-likeness (QED) is 0.858. The van der Waals surface area contributed by atoms with Crippen LogP contribution in [0.1, 0.15) is 0 Å². The molecular weight excluding hydrogens is 224 g/mol. The van der Waals surface area contributed by atoms with Crippen LogP contribution in [0.15, 0.2) is 42.5 Å². The van der Waals surface area contributed by atoms with Gasteiger partial charge in [0.15, 0.2) is 0 Å². The van der Waals surface area contributed by atoms with Crippen molar-refractivity contribution in [2.24, 2.45) is 0 Å². The summed E-state index contributed by atoms with van der Waals surface area (Å²) in [5.41, 5.74) is 1.82. The van der Waals surface area contributed by atoms with Crippen LogP contribution in [0.25, 0.3) is 11.1 Å². The van der Waals surface area contributed by atoms with Crippen molar-refractivity contribution >= 4 is 11.6 Å². The molecule has 3 heteroatoms. The highest BCUT2D eigenvalue weighted by Crippen LogP contribution is 2.29. The second-order valence-electron chi connectivity index (χ2n) is 3.43. The Bertz CT molecular complexity index is 489. The van der Waals surface area contributed by atoms with E-state index < -0.39 is 0 Å². The molecule has 0 bridgehead atoms. The second kappa shape index (κ2) is 4.45. The molecule has 0 aliphatic carbocycles. The largest absolute Gasteiger partial charge is 0.508 e. The monoisotopic (exact) mass is 234 g/mol. The lowest BCUT2D eigenvalue weighted by Gasteiger charge is -2.05. The Kier molecular flexibility index (Phi) is 3.02. The molecule has 2 nitrogen and oxygen atoms in total. The van der Waals surface area contributed by atoms with Crippen molar-refractivity contribution in [2.45, 2.75) is 0 Å². The van der Waals surface area contributed by atoms with E-state index in [9.17, 15) is 5.11 Å². The number of methoxy groups -OCH3 is 1. The lowest BCUT2D eigenvalue weighted by Crippen LogP contribution is -1.83. The lowest BCUT2D eigenvalue weighted by molar-refractivity contribution is 0.415. The van der Waals surface area contributed by atoms with Crippen LogP contribution in [0.2, 0.25) is 5.02 Å². The Morgan fingerprint density at radius 1 is 1.06 bits per heavy atom. The lowest BCUT2D eigenvalue weighted by atomic mass is 10.1. The Morgan fingerprint density at radius 3 is 2.56 bits per heavy atom. The standard InChI is InChI=1S/C13H11ClO2/c1-16-13-4-2-3-9(7-13)10-5-11(14)8-12(15)6-10/h2-8,15H,1H3. The Hall–Kier alpha value is -1.67. The molecule has 2 aromatic carbocycles. The minimum atomic E-state index is 0.158. The van der Waals surface area contributed by atoms with Gasteiger partial charge in [0.05, 0.1) is 7.11 Å². The topological polar surface area (TPSA) is 29.5 Å². The van der Waals surface area contributed by atoms with Crippen molar-refractivity contribution in [2.75, 3.05) is 7.11 Å². The van der Waals surface area contributed by atoms with Gasteiger partial charge in [-0.15, -0.1) is 0 Å². The predicted octanol–water partition coefficient (Wildman–Crippen LogP) is 3.72. The van der Waals surface area contributed by atoms with Crippen molar-refractivity contribution < 1.29 is 9.84 Å². The number of halogens is 1. The predicted molar refractivity (Wildman–Crippen MR) is 65.1 cm³/mol. The van der Waals surface area contributed by atoms with Gasteiger partial charge in [-0.2, -0.15) is 0 Å². The third-order valence-corrected chi connectivity index (χ3v) is 2.50. The fourth-order valence-corrected chi connectivity index (χ4v) is 1.77. The highest BCUT2D eigenvalue weighted by atomic mass is 35.5. The van der Waals surface area contributed by atoms with E-state index in [2.05, 4.69) is 0 Å². The fourth-order valence-electron chi connectivity index (χ4n) is 1.54. The van der Waals surface area contributed by atoms with E-state index in [1.165, 1.54) is 6.07 Å². The molecule has 0 spiro atoms. The van der Waals surface area contributed by atoms with Gasteiger partial charge in [-0.05, 0) is 41.5 Å². The van der Waals surface area contributed by atoms with Gasteiger partial charge < -0.3 is 9.84 Å². The molecule has 0 unspecified atom stereocenters. The molecule has 0 saturated heterocycles. The Labute approximate surface area is 99.1 Å². The zero-order valence-corrected chi connectivity index (χ0v) is 9.53. The summed E-state index contributed by atoms with van der Waals surface area (Å²) >= 11 is 5.88. The molecule has 0 amide bonds. The van der Waals surface area contributed by atoms with Crippen molar-refractivity contribution in [1.29, 1.82) is 0 Å². The minimum Gasteiger partial charge on any atom is -0.508 e. The summed E-state index contributed by atoms with van der Waals surface area (Å²) in [6.45, 7) is 0. The summed E-state index contributed by atoms with van der Waals surface area (Å²) < 4.78 is 5.14. The number of hydrogen-bond acceptors (Lipinski definition) is 2. The third kappa shape index (κ3) is 2.28. The van der Waals surface area contributed by atoms with Gasteiger partial charge in [0.1, 0.15) is 11.5 Å². The first-order chi connectivity index (χ1) is 7.69. The highest BCUT2D eigenvalue weighted by Gasteiger charge is 2.02. The molecule has 0 aliphatic rings. The van der Waals surface area contributed by atoms with E-state index >= 15 is 0 Å². The minimum absolute atomic E-state index is 0.158. The molecular formula is C13H11ClO2. The molecule has 0 atom stereocenters. The first-order valence-corrected chi connectivity index (χ1v) is 5.21. The molecule has 0 heterocycles. The third-order valence-electron chi connectivity index (χ3n) is 2.29. The van der Waals surface area contributed by atoms with E-state index in [4.69, 9.17) is 16.3 Å². The number of phenolic OH excluding ortho intramolecular Hbond substituents is 1. The van der Waals surface area contributed by atoms with Gasteiger partial charge in [-0.3, -0.25) is 0 Å². The van der Waals surface area contributed by atoms with Crippen LogP contribution < -0.4 is 4.74 Å². The van der Waals surface area contributed by atoms with Gasteiger partial charge in [-0.25, -0.2) is 0 Å². The Morgan fingerprint density at radius 2 is 1.88 bits per heavy atom. The Balaban J connectivity index is 2.49. The maximum absolute atomic E-state index is 9.47. The van der Waals surface area contributed by atoms with E-state index in [1.54, 1.807) is 19.2 Å². The van der Waals surface area contributed by atoms with Crippen LogP contribution in [0.3, 0.4) is 0 Å². The van der Waals surface area contributed by atoms with Gasteiger partial charge in [-0.1, -0.05) is 23.7 Å². The second-order valence-corrected chi connectivity index (χ2v) is 3.87. The summed E-state index contributed by atoms with van der Waals surface area (Å²) in [6, 6.07) is 12.6. The molecule has 0 saturated carbocycles. The van der Waals surface area contributed by atoms with Crippen molar-refractivity contribution in [3.05, 3.63) is 47.5 Å². The maximum atomic E-state index is 9.47. The molecule has 0 aliphatic heterocycles. The van der Waals surface area contributed by atoms with E-state index in [-0.39, 0.29) is 5.75 Å². The molecule has 0 fully saturated rings. The summed E-state index contributed by atoms with van der Waals surface area (Å²) in [5, 5.41) is 9.98. The molecule has 1 N–H and O–H groups in total. The summed E-state index contributed by atoms with van der Waals surface area (Å²) in [7, 11) is 1.62. The zero-order chi connectivity index (χ0) is 11.5. The molecule has 0 radical (unpaired) electrons. The fraction of sp³-hybridized carbons (Fsp3) is 0.0769. The smallest absolute Gasteiger partial charge is 0.119 e. The van der Waals surface area contributed by atoms with E-state index in [1.807, 2.05) is 24.3 Å². The van der Waals surface area contributed by atoms with Gasteiger partial charge in [0.2, 0.25) is 0 Å². The highest BCUT2D eigenvalue weighted by molar-refractivity contribution is 6.31. The van der Waals surface area contributed by atoms with E-state index in [0.29, 0.717) is 5.02 Å². The number of rotatable bonds is 2. The number of benzene rings is 2. The van der Waals surface area contributed by atoms with Crippen molar-refractivity contribution in [3.8, 4) is 22.6 Å². The molecule has 2 rings (SSSR count). The van der Waals surface area contributed by atoms with Crippen molar-refractivity contribution in [1.82, 2.24) is 0 Å². The number of ether oxygens (including phenoxy) is 1. The molecule has 16 heavy (non-hydrogen) atoms. The molecule has 82 valence electrons. The van der Waals surface area contributed by atoms with Gasteiger partial charge in [0, 0.05) is 5.02 Å². The van der Waals surface area contributed by atoms with Gasteiger partial charge in [0.25, 0.3) is 0 Å². The molecule has 0 aromatic heterocycles. The van der Waals surface area contributed by atoms with Crippen molar-refractivity contribution in [3.63, 3.8) is 0 Å². The summed E-state index contributed by atoms with van der Waals surface area (Å²) in [5.74, 6) is 0.933. The van der Waals surface area contributed by atoms with Crippen LogP contribution in [0.4, 0.5) is 0 Å². The van der Waals surface area contributed by atoms with Crippen LogP contribution >= 0.6 is 11.6 Å². The average molecular weight is 235 g/mol. The zero-order valence-electron chi connectivity index (χ0n) is 8.77.